The standard InChI is InChI=1S/C12H24BrNO/c1-3-11(7-13)8-14-6-4-5-12(9-14)10-15-2/h11-12H,3-10H2,1-2H3. The number of alkyl halides is 1. The molecule has 1 aliphatic rings. The Labute approximate surface area is 102 Å². The summed E-state index contributed by atoms with van der Waals surface area (Å²) in [4.78, 5) is 2.61. The molecule has 2 atom stereocenters. The van der Waals surface area contributed by atoms with E-state index in [-0.39, 0.29) is 0 Å². The van der Waals surface area contributed by atoms with Crippen LogP contribution in [0.5, 0.6) is 0 Å². The normalized spacial score (nSPS) is 25.4. The van der Waals surface area contributed by atoms with Gasteiger partial charge in [-0.1, -0.05) is 29.3 Å². The lowest BCUT2D eigenvalue weighted by atomic mass is 9.97. The highest BCUT2D eigenvalue weighted by molar-refractivity contribution is 9.09. The SMILES string of the molecule is CCC(CBr)CN1CCCC(COC)C1. The molecule has 0 aliphatic carbocycles. The topological polar surface area (TPSA) is 12.5 Å². The molecule has 2 nitrogen and oxygen atoms in total. The number of nitrogens with zero attached hydrogens (tertiary/aromatic N) is 1. The Balaban J connectivity index is 2.28. The molecule has 0 N–H and O–H groups in total. The highest BCUT2D eigenvalue weighted by atomic mass is 79.9. The molecule has 1 aliphatic heterocycles. The van der Waals surface area contributed by atoms with E-state index in [0.717, 1.165) is 23.8 Å². The van der Waals surface area contributed by atoms with Crippen LogP contribution < -0.4 is 0 Å². The fourth-order valence-electron chi connectivity index (χ4n) is 2.34. The zero-order chi connectivity index (χ0) is 11.1. The first-order chi connectivity index (χ1) is 7.30. The van der Waals surface area contributed by atoms with Crippen LogP contribution in [-0.4, -0.2) is 43.6 Å². The molecule has 0 radical (unpaired) electrons. The van der Waals surface area contributed by atoms with E-state index in [4.69, 9.17) is 4.74 Å². The Morgan fingerprint density at radius 1 is 1.53 bits per heavy atom. The molecular weight excluding hydrogens is 254 g/mol. The minimum absolute atomic E-state index is 0.761. The maximum Gasteiger partial charge on any atom is 0.0502 e. The summed E-state index contributed by atoms with van der Waals surface area (Å²) < 4.78 is 5.25. The average Bonchev–Trinajstić information content (AvgIpc) is 2.27. The third-order valence-corrected chi connectivity index (χ3v) is 4.23. The van der Waals surface area contributed by atoms with Crippen molar-refractivity contribution in [3.05, 3.63) is 0 Å². The van der Waals surface area contributed by atoms with E-state index >= 15 is 0 Å². The van der Waals surface area contributed by atoms with Crippen LogP contribution in [0.2, 0.25) is 0 Å². The maximum absolute atomic E-state index is 5.25. The van der Waals surface area contributed by atoms with E-state index in [9.17, 15) is 0 Å². The minimum atomic E-state index is 0.761. The van der Waals surface area contributed by atoms with Crippen LogP contribution in [0.25, 0.3) is 0 Å². The molecule has 2 unspecified atom stereocenters. The second-order valence-corrected chi connectivity index (χ2v) is 5.30. The summed E-state index contributed by atoms with van der Waals surface area (Å²) in [5.74, 6) is 1.57. The molecule has 1 rings (SSSR count). The molecule has 0 aromatic heterocycles. The van der Waals surface area contributed by atoms with Crippen LogP contribution in [-0.2, 0) is 4.74 Å². The Hall–Kier alpha value is 0.400. The third kappa shape index (κ3) is 4.83. The summed E-state index contributed by atoms with van der Waals surface area (Å²) in [6.07, 6.45) is 3.96. The number of likely N-dealkylation sites (tertiary alicyclic amines) is 1. The van der Waals surface area contributed by atoms with Crippen LogP contribution in [0.4, 0.5) is 0 Å². The van der Waals surface area contributed by atoms with Gasteiger partial charge in [0.05, 0.1) is 6.61 Å². The quantitative estimate of drug-likeness (QED) is 0.693. The van der Waals surface area contributed by atoms with E-state index in [0.29, 0.717) is 0 Å². The van der Waals surface area contributed by atoms with Gasteiger partial charge in [-0.15, -0.1) is 0 Å². The summed E-state index contributed by atoms with van der Waals surface area (Å²) >= 11 is 3.60. The highest BCUT2D eigenvalue weighted by Crippen LogP contribution is 2.19. The van der Waals surface area contributed by atoms with Gasteiger partial charge in [-0.25, -0.2) is 0 Å². The number of hydrogen-bond donors (Lipinski definition) is 0. The maximum atomic E-state index is 5.25. The summed E-state index contributed by atoms with van der Waals surface area (Å²) in [7, 11) is 1.81. The van der Waals surface area contributed by atoms with Gasteiger partial charge in [0.1, 0.15) is 0 Å². The molecule has 1 saturated heterocycles. The minimum Gasteiger partial charge on any atom is -0.384 e. The van der Waals surface area contributed by atoms with Crippen molar-refractivity contribution in [2.24, 2.45) is 11.8 Å². The zero-order valence-electron chi connectivity index (χ0n) is 10.0. The smallest absolute Gasteiger partial charge is 0.0502 e. The average molecular weight is 278 g/mol. The van der Waals surface area contributed by atoms with Crippen molar-refractivity contribution in [1.82, 2.24) is 4.90 Å². The van der Waals surface area contributed by atoms with Crippen LogP contribution >= 0.6 is 15.9 Å². The van der Waals surface area contributed by atoms with Gasteiger partial charge in [0.15, 0.2) is 0 Å². The van der Waals surface area contributed by atoms with Crippen LogP contribution in [0.15, 0.2) is 0 Å². The third-order valence-electron chi connectivity index (χ3n) is 3.32. The summed E-state index contributed by atoms with van der Waals surface area (Å²) in [5, 5.41) is 1.13. The molecular formula is C12H24BrNO. The number of rotatable bonds is 6. The molecule has 0 aromatic carbocycles. The Kier molecular flexibility index (Phi) is 6.86. The van der Waals surface area contributed by atoms with Crippen LogP contribution in [0.1, 0.15) is 26.2 Å². The number of piperidine rings is 1. The molecule has 15 heavy (non-hydrogen) atoms. The van der Waals surface area contributed by atoms with Crippen molar-refractivity contribution in [3.63, 3.8) is 0 Å². The monoisotopic (exact) mass is 277 g/mol. The molecule has 1 heterocycles. The van der Waals surface area contributed by atoms with Crippen molar-refractivity contribution < 1.29 is 4.74 Å². The number of ether oxygens (including phenoxy) is 1. The molecule has 90 valence electrons. The molecule has 0 amide bonds. The lowest BCUT2D eigenvalue weighted by molar-refractivity contribution is 0.0841. The molecule has 1 fully saturated rings. The molecule has 0 aromatic rings. The predicted octanol–water partition coefficient (Wildman–Crippen LogP) is 2.77. The van der Waals surface area contributed by atoms with Crippen molar-refractivity contribution in [2.45, 2.75) is 26.2 Å². The van der Waals surface area contributed by atoms with Gasteiger partial charge in [0.2, 0.25) is 0 Å². The van der Waals surface area contributed by atoms with Gasteiger partial charge >= 0.3 is 0 Å². The molecule has 0 saturated carbocycles. The van der Waals surface area contributed by atoms with Gasteiger partial charge in [-0.3, -0.25) is 0 Å². The van der Waals surface area contributed by atoms with Crippen molar-refractivity contribution >= 4 is 15.9 Å². The zero-order valence-corrected chi connectivity index (χ0v) is 11.6. The molecule has 3 heteroatoms. The number of methoxy groups -OCH3 is 1. The lowest BCUT2D eigenvalue weighted by Crippen LogP contribution is -2.40. The highest BCUT2D eigenvalue weighted by Gasteiger charge is 2.21. The van der Waals surface area contributed by atoms with Crippen molar-refractivity contribution in [1.29, 1.82) is 0 Å². The fourth-order valence-corrected chi connectivity index (χ4v) is 3.00. The first-order valence-electron chi connectivity index (χ1n) is 6.07. The van der Waals surface area contributed by atoms with Gasteiger partial charge in [0, 0.05) is 25.5 Å². The van der Waals surface area contributed by atoms with E-state index in [1.165, 1.54) is 38.9 Å². The van der Waals surface area contributed by atoms with Gasteiger partial charge < -0.3 is 9.64 Å². The summed E-state index contributed by atoms with van der Waals surface area (Å²) in [6, 6.07) is 0. The first kappa shape index (κ1) is 13.5. The van der Waals surface area contributed by atoms with E-state index in [1.807, 2.05) is 7.11 Å². The Bertz CT molecular complexity index is 160. The van der Waals surface area contributed by atoms with Gasteiger partial charge in [-0.05, 0) is 31.2 Å². The first-order valence-corrected chi connectivity index (χ1v) is 7.19. The van der Waals surface area contributed by atoms with Crippen molar-refractivity contribution in [3.8, 4) is 0 Å². The number of hydrogen-bond acceptors (Lipinski definition) is 2. The Morgan fingerprint density at radius 2 is 2.33 bits per heavy atom. The van der Waals surface area contributed by atoms with Crippen LogP contribution in [0.3, 0.4) is 0 Å². The second kappa shape index (κ2) is 7.64. The molecule has 0 spiro atoms. The predicted molar refractivity (Wildman–Crippen MR) is 68.6 cm³/mol. The van der Waals surface area contributed by atoms with Crippen LogP contribution in [0, 0.1) is 11.8 Å². The summed E-state index contributed by atoms with van der Waals surface area (Å²) in [5.41, 5.74) is 0. The van der Waals surface area contributed by atoms with E-state index in [1.54, 1.807) is 0 Å². The van der Waals surface area contributed by atoms with Crippen molar-refractivity contribution in [2.75, 3.05) is 38.7 Å². The molecule has 0 bridgehead atoms. The Morgan fingerprint density at radius 3 is 2.93 bits per heavy atom. The number of halogens is 1. The van der Waals surface area contributed by atoms with Gasteiger partial charge in [0.25, 0.3) is 0 Å². The van der Waals surface area contributed by atoms with Gasteiger partial charge in [-0.2, -0.15) is 0 Å². The fraction of sp³-hybridized carbons (Fsp3) is 1.00. The lowest BCUT2D eigenvalue weighted by Gasteiger charge is -2.34. The summed E-state index contributed by atoms with van der Waals surface area (Å²) in [6.45, 7) is 6.98. The van der Waals surface area contributed by atoms with E-state index < -0.39 is 0 Å². The van der Waals surface area contributed by atoms with E-state index in [2.05, 4.69) is 27.8 Å². The second-order valence-electron chi connectivity index (χ2n) is 4.65. The largest absolute Gasteiger partial charge is 0.384 e.